The fourth-order valence-electron chi connectivity index (χ4n) is 2.98. The van der Waals surface area contributed by atoms with Crippen LogP contribution in [0, 0.1) is 5.41 Å². The molecule has 0 bridgehead atoms. The largest absolute Gasteiger partial charge is 0.340 e. The lowest BCUT2D eigenvalue weighted by Gasteiger charge is -2.37. The summed E-state index contributed by atoms with van der Waals surface area (Å²) in [6.07, 6.45) is 0.590. The lowest BCUT2D eigenvalue weighted by Crippen LogP contribution is -2.52. The first-order valence-corrected chi connectivity index (χ1v) is 8.38. The second-order valence-corrected chi connectivity index (χ2v) is 7.26. The summed E-state index contributed by atoms with van der Waals surface area (Å²) in [4.78, 5) is 30.6. The van der Waals surface area contributed by atoms with Gasteiger partial charge in [0.15, 0.2) is 0 Å². The summed E-state index contributed by atoms with van der Waals surface area (Å²) in [6, 6.07) is 0. The highest BCUT2D eigenvalue weighted by Gasteiger charge is 2.29. The minimum atomic E-state index is -0.305. The quantitative estimate of drug-likeness (QED) is 0.797. The molecule has 0 aromatic rings. The summed E-state index contributed by atoms with van der Waals surface area (Å²) >= 11 is 0. The van der Waals surface area contributed by atoms with Gasteiger partial charge in [-0.05, 0) is 0 Å². The molecule has 0 atom stereocenters. The van der Waals surface area contributed by atoms with Gasteiger partial charge in [-0.2, -0.15) is 0 Å². The molecule has 0 unspecified atom stereocenters. The number of carbonyl (C=O) groups is 2. The zero-order valence-corrected chi connectivity index (χ0v) is 14.2. The van der Waals surface area contributed by atoms with Crippen molar-refractivity contribution in [2.24, 2.45) is 5.41 Å². The number of hydrogen-bond acceptors (Lipinski definition) is 4. The van der Waals surface area contributed by atoms with Crippen LogP contribution in [-0.2, 0) is 9.59 Å². The van der Waals surface area contributed by atoms with Gasteiger partial charge in [0.1, 0.15) is 0 Å². The summed E-state index contributed by atoms with van der Waals surface area (Å²) < 4.78 is 0. The van der Waals surface area contributed by atoms with Crippen molar-refractivity contribution in [1.82, 2.24) is 20.0 Å². The van der Waals surface area contributed by atoms with Crippen molar-refractivity contribution >= 4 is 11.8 Å². The Balaban J connectivity index is 1.69. The Morgan fingerprint density at radius 1 is 0.909 bits per heavy atom. The molecule has 1 N–H and O–H groups in total. The molecule has 126 valence electrons. The number of amides is 2. The van der Waals surface area contributed by atoms with Crippen molar-refractivity contribution in [2.75, 3.05) is 58.9 Å². The van der Waals surface area contributed by atoms with Crippen LogP contribution in [0.15, 0.2) is 0 Å². The first kappa shape index (κ1) is 17.2. The summed E-state index contributed by atoms with van der Waals surface area (Å²) in [5, 5.41) is 3.26. The number of piperazine rings is 2. The van der Waals surface area contributed by atoms with Crippen molar-refractivity contribution in [3.63, 3.8) is 0 Å². The highest BCUT2D eigenvalue weighted by molar-refractivity contribution is 5.81. The first-order chi connectivity index (χ1) is 10.4. The van der Waals surface area contributed by atoms with Crippen molar-refractivity contribution in [3.05, 3.63) is 0 Å². The van der Waals surface area contributed by atoms with E-state index in [1.165, 1.54) is 0 Å². The molecule has 22 heavy (non-hydrogen) atoms. The van der Waals surface area contributed by atoms with E-state index in [0.29, 0.717) is 6.42 Å². The summed E-state index contributed by atoms with van der Waals surface area (Å²) in [6.45, 7) is 13.5. The summed E-state index contributed by atoms with van der Waals surface area (Å²) in [5.74, 6) is 0.485. The fraction of sp³-hybridized carbons (Fsp3) is 0.875. The topological polar surface area (TPSA) is 55.9 Å². The fourth-order valence-corrected chi connectivity index (χ4v) is 2.98. The predicted octanol–water partition coefficient (Wildman–Crippen LogP) is -0.00140. The molecule has 2 aliphatic rings. The van der Waals surface area contributed by atoms with Crippen molar-refractivity contribution in [1.29, 1.82) is 0 Å². The Labute approximate surface area is 133 Å². The third-order valence-corrected chi connectivity index (χ3v) is 4.41. The molecule has 2 amide bonds. The van der Waals surface area contributed by atoms with Crippen molar-refractivity contribution < 1.29 is 9.59 Å². The zero-order chi connectivity index (χ0) is 16.2. The normalized spacial score (nSPS) is 21.0. The van der Waals surface area contributed by atoms with Gasteiger partial charge in [0, 0.05) is 70.7 Å². The van der Waals surface area contributed by atoms with E-state index in [1.54, 1.807) is 0 Å². The van der Waals surface area contributed by atoms with Gasteiger partial charge in [-0.25, -0.2) is 0 Å². The van der Waals surface area contributed by atoms with Crippen LogP contribution in [-0.4, -0.2) is 85.4 Å². The molecule has 6 heteroatoms. The maximum Gasteiger partial charge on any atom is 0.228 e. The number of carbonyl (C=O) groups excluding carboxylic acids is 2. The zero-order valence-electron chi connectivity index (χ0n) is 14.2. The molecule has 0 aromatic carbocycles. The van der Waals surface area contributed by atoms with E-state index in [2.05, 4.69) is 10.2 Å². The van der Waals surface area contributed by atoms with Crippen LogP contribution in [0.25, 0.3) is 0 Å². The van der Waals surface area contributed by atoms with Crippen LogP contribution >= 0.6 is 0 Å². The van der Waals surface area contributed by atoms with Crippen LogP contribution in [0.4, 0.5) is 0 Å². The van der Waals surface area contributed by atoms with Gasteiger partial charge in [0.25, 0.3) is 0 Å². The third kappa shape index (κ3) is 4.68. The van der Waals surface area contributed by atoms with Crippen LogP contribution in [0.5, 0.6) is 0 Å². The van der Waals surface area contributed by atoms with Crippen LogP contribution in [0.1, 0.15) is 27.2 Å². The predicted molar refractivity (Wildman–Crippen MR) is 86.5 cm³/mol. The van der Waals surface area contributed by atoms with E-state index in [4.69, 9.17) is 0 Å². The Hall–Kier alpha value is -1.14. The molecule has 0 radical (unpaired) electrons. The second-order valence-electron chi connectivity index (χ2n) is 7.26. The molecule has 2 fully saturated rings. The van der Waals surface area contributed by atoms with E-state index in [0.717, 1.165) is 58.9 Å². The van der Waals surface area contributed by atoms with Gasteiger partial charge < -0.3 is 15.1 Å². The minimum absolute atomic E-state index is 0.226. The average molecular weight is 310 g/mol. The lowest BCUT2D eigenvalue weighted by atomic mass is 9.94. The maximum atomic E-state index is 12.2. The van der Waals surface area contributed by atoms with Crippen LogP contribution in [0.2, 0.25) is 0 Å². The second kappa shape index (κ2) is 7.42. The van der Waals surface area contributed by atoms with Gasteiger partial charge in [-0.15, -0.1) is 0 Å². The van der Waals surface area contributed by atoms with Gasteiger partial charge in [0.05, 0.1) is 0 Å². The molecule has 0 saturated carbocycles. The Morgan fingerprint density at radius 2 is 1.50 bits per heavy atom. The summed E-state index contributed by atoms with van der Waals surface area (Å²) in [7, 11) is 0. The Morgan fingerprint density at radius 3 is 2.05 bits per heavy atom. The highest BCUT2D eigenvalue weighted by atomic mass is 16.2. The van der Waals surface area contributed by atoms with Gasteiger partial charge >= 0.3 is 0 Å². The molecule has 0 spiro atoms. The molecule has 0 aromatic heterocycles. The number of hydrogen-bond donors (Lipinski definition) is 1. The van der Waals surface area contributed by atoms with Crippen molar-refractivity contribution in [2.45, 2.75) is 27.2 Å². The monoisotopic (exact) mass is 310 g/mol. The van der Waals surface area contributed by atoms with Gasteiger partial charge in [-0.1, -0.05) is 20.8 Å². The molecular weight excluding hydrogens is 280 g/mol. The Kier molecular flexibility index (Phi) is 5.81. The van der Waals surface area contributed by atoms with E-state index in [9.17, 15) is 9.59 Å². The third-order valence-electron chi connectivity index (χ3n) is 4.41. The molecular formula is C16H30N4O2. The summed E-state index contributed by atoms with van der Waals surface area (Å²) in [5.41, 5.74) is -0.305. The van der Waals surface area contributed by atoms with E-state index in [1.807, 2.05) is 30.6 Å². The van der Waals surface area contributed by atoms with Gasteiger partial charge in [-0.3, -0.25) is 14.5 Å². The molecule has 2 rings (SSSR count). The average Bonchev–Trinajstić information content (AvgIpc) is 2.52. The van der Waals surface area contributed by atoms with E-state index in [-0.39, 0.29) is 17.2 Å². The number of rotatable bonds is 3. The standard InChI is InChI=1S/C16H30N4O2/c1-16(2,3)15(22)20-12-10-18(11-13-20)7-4-14(21)19-8-5-17-6-9-19/h17H,4-13H2,1-3H3. The highest BCUT2D eigenvalue weighted by Crippen LogP contribution is 2.18. The smallest absolute Gasteiger partial charge is 0.228 e. The van der Waals surface area contributed by atoms with Crippen LogP contribution < -0.4 is 5.32 Å². The molecule has 2 heterocycles. The Bertz CT molecular complexity index is 391. The maximum absolute atomic E-state index is 12.2. The number of nitrogens with one attached hydrogen (secondary N) is 1. The SMILES string of the molecule is CC(C)(C)C(=O)N1CCN(CCC(=O)N2CCNCC2)CC1. The first-order valence-electron chi connectivity index (χ1n) is 8.38. The van der Waals surface area contributed by atoms with Crippen molar-refractivity contribution in [3.8, 4) is 0 Å². The van der Waals surface area contributed by atoms with E-state index >= 15 is 0 Å². The van der Waals surface area contributed by atoms with Crippen LogP contribution in [0.3, 0.4) is 0 Å². The lowest BCUT2D eigenvalue weighted by molar-refractivity contribution is -0.141. The molecule has 2 saturated heterocycles. The molecule has 6 nitrogen and oxygen atoms in total. The number of nitrogens with zero attached hydrogens (tertiary/aromatic N) is 3. The molecule has 2 aliphatic heterocycles. The van der Waals surface area contributed by atoms with Gasteiger partial charge in [0.2, 0.25) is 11.8 Å². The molecule has 0 aliphatic carbocycles. The van der Waals surface area contributed by atoms with E-state index < -0.39 is 0 Å². The minimum Gasteiger partial charge on any atom is -0.340 e.